The molecule has 2 rings (SSSR count). The highest BCUT2D eigenvalue weighted by atomic mass is 35.5. The van der Waals surface area contributed by atoms with Crippen LogP contribution in [-0.4, -0.2) is 21.0 Å². The Hall–Kier alpha value is -2.14. The predicted octanol–water partition coefficient (Wildman–Crippen LogP) is 2.40. The molecule has 0 aliphatic rings. The fraction of sp³-hybridized carbons (Fsp3) is 0.0833. The number of aryl methyl sites for hydroxylation is 1. The molecule has 2 aromatic heterocycles. The summed E-state index contributed by atoms with van der Waals surface area (Å²) in [5.41, 5.74) is 1.08. The van der Waals surface area contributed by atoms with Crippen molar-refractivity contribution >= 4 is 23.2 Å². The van der Waals surface area contributed by atoms with Crippen molar-refractivity contribution in [2.75, 3.05) is 5.32 Å². The van der Waals surface area contributed by atoms with Gasteiger partial charge in [0.15, 0.2) is 5.69 Å². The van der Waals surface area contributed by atoms with Gasteiger partial charge < -0.3 is 10.4 Å². The third-order valence-electron chi connectivity index (χ3n) is 2.30. The number of carbonyl (C=O) groups is 1. The second-order valence-electron chi connectivity index (χ2n) is 3.59. The van der Waals surface area contributed by atoms with Crippen LogP contribution in [0, 0.1) is 6.92 Å². The predicted molar refractivity (Wildman–Crippen MR) is 67.8 cm³/mol. The average molecular weight is 264 g/mol. The van der Waals surface area contributed by atoms with Gasteiger partial charge in [0, 0.05) is 6.20 Å². The molecule has 0 aromatic carbocycles. The standard InChI is InChI=1S/C12H10ClN3O2/c1-7-8(4-5-10(13)15-7)16-12(18)11-9(17)3-2-6-14-11/h2-6,17H,1H3,(H,16,18). The molecule has 0 unspecified atom stereocenters. The number of aromatic nitrogens is 2. The highest BCUT2D eigenvalue weighted by molar-refractivity contribution is 6.29. The fourth-order valence-electron chi connectivity index (χ4n) is 1.42. The molecule has 0 aliphatic heterocycles. The van der Waals surface area contributed by atoms with Gasteiger partial charge in [-0.25, -0.2) is 9.97 Å². The number of carbonyl (C=O) groups excluding carboxylic acids is 1. The van der Waals surface area contributed by atoms with Crippen molar-refractivity contribution in [1.82, 2.24) is 9.97 Å². The second-order valence-corrected chi connectivity index (χ2v) is 3.98. The lowest BCUT2D eigenvalue weighted by Gasteiger charge is -2.08. The van der Waals surface area contributed by atoms with Gasteiger partial charge in [-0.05, 0) is 31.2 Å². The molecule has 2 N–H and O–H groups in total. The summed E-state index contributed by atoms with van der Waals surface area (Å²) < 4.78 is 0. The van der Waals surface area contributed by atoms with Gasteiger partial charge in [-0.15, -0.1) is 0 Å². The first-order valence-corrected chi connectivity index (χ1v) is 5.54. The van der Waals surface area contributed by atoms with Gasteiger partial charge in [0.05, 0.1) is 11.4 Å². The molecule has 0 spiro atoms. The Morgan fingerprint density at radius 2 is 2.17 bits per heavy atom. The quantitative estimate of drug-likeness (QED) is 0.816. The van der Waals surface area contributed by atoms with E-state index in [4.69, 9.17) is 11.6 Å². The number of hydrogen-bond donors (Lipinski definition) is 2. The highest BCUT2D eigenvalue weighted by Gasteiger charge is 2.13. The van der Waals surface area contributed by atoms with E-state index in [1.165, 1.54) is 12.3 Å². The minimum atomic E-state index is -0.500. The molecule has 0 fully saturated rings. The van der Waals surface area contributed by atoms with Crippen molar-refractivity contribution in [2.24, 2.45) is 0 Å². The SMILES string of the molecule is Cc1nc(Cl)ccc1NC(=O)c1ncccc1O. The maximum Gasteiger partial charge on any atom is 0.278 e. The van der Waals surface area contributed by atoms with Crippen molar-refractivity contribution in [3.63, 3.8) is 0 Å². The highest BCUT2D eigenvalue weighted by Crippen LogP contribution is 2.18. The Morgan fingerprint density at radius 3 is 2.83 bits per heavy atom. The maximum absolute atomic E-state index is 11.9. The number of pyridine rings is 2. The van der Waals surface area contributed by atoms with Crippen molar-refractivity contribution in [1.29, 1.82) is 0 Å². The number of rotatable bonds is 2. The number of hydrogen-bond acceptors (Lipinski definition) is 4. The van der Waals surface area contributed by atoms with Crippen LogP contribution in [0.5, 0.6) is 5.75 Å². The summed E-state index contributed by atoms with van der Waals surface area (Å²) in [5, 5.41) is 12.5. The zero-order chi connectivity index (χ0) is 13.1. The minimum absolute atomic E-state index is 0.0353. The summed E-state index contributed by atoms with van der Waals surface area (Å²) in [5.74, 6) is -0.671. The van der Waals surface area contributed by atoms with Crippen LogP contribution in [0.25, 0.3) is 0 Å². The molecular formula is C12H10ClN3O2. The number of halogens is 1. The smallest absolute Gasteiger partial charge is 0.278 e. The molecule has 0 atom stereocenters. The van der Waals surface area contributed by atoms with Crippen LogP contribution in [0.15, 0.2) is 30.5 Å². The first-order valence-electron chi connectivity index (χ1n) is 5.16. The lowest BCUT2D eigenvalue weighted by molar-refractivity contribution is 0.101. The number of nitrogens with zero attached hydrogens (tertiary/aromatic N) is 2. The molecular weight excluding hydrogens is 254 g/mol. The van der Waals surface area contributed by atoms with E-state index in [0.717, 1.165) is 0 Å². The molecule has 0 saturated carbocycles. The Labute approximate surface area is 108 Å². The summed E-state index contributed by atoms with van der Waals surface area (Å²) in [6.07, 6.45) is 1.43. The van der Waals surface area contributed by atoms with Crippen LogP contribution in [-0.2, 0) is 0 Å². The molecule has 0 radical (unpaired) electrons. The van der Waals surface area contributed by atoms with E-state index in [2.05, 4.69) is 15.3 Å². The van der Waals surface area contributed by atoms with Gasteiger partial charge in [-0.2, -0.15) is 0 Å². The van der Waals surface area contributed by atoms with E-state index in [0.29, 0.717) is 16.5 Å². The van der Waals surface area contributed by atoms with Crippen LogP contribution >= 0.6 is 11.6 Å². The lowest BCUT2D eigenvalue weighted by atomic mass is 10.2. The van der Waals surface area contributed by atoms with E-state index in [9.17, 15) is 9.90 Å². The van der Waals surface area contributed by atoms with Crippen LogP contribution < -0.4 is 5.32 Å². The van der Waals surface area contributed by atoms with Crippen molar-refractivity contribution < 1.29 is 9.90 Å². The topological polar surface area (TPSA) is 75.1 Å². The summed E-state index contributed by atoms with van der Waals surface area (Å²) in [6.45, 7) is 1.72. The molecule has 2 heterocycles. The van der Waals surface area contributed by atoms with E-state index in [1.807, 2.05) is 0 Å². The minimum Gasteiger partial charge on any atom is -0.505 e. The normalized spacial score (nSPS) is 10.1. The zero-order valence-corrected chi connectivity index (χ0v) is 10.3. The summed E-state index contributed by atoms with van der Waals surface area (Å²) in [6, 6.07) is 6.15. The van der Waals surface area contributed by atoms with Gasteiger partial charge in [0.25, 0.3) is 5.91 Å². The Balaban J connectivity index is 2.24. The van der Waals surface area contributed by atoms with E-state index < -0.39 is 5.91 Å². The fourth-order valence-corrected chi connectivity index (χ4v) is 1.61. The monoisotopic (exact) mass is 263 g/mol. The Kier molecular flexibility index (Phi) is 3.43. The molecule has 0 saturated heterocycles. The third-order valence-corrected chi connectivity index (χ3v) is 2.51. The van der Waals surface area contributed by atoms with Crippen LogP contribution in [0.3, 0.4) is 0 Å². The molecule has 92 valence electrons. The summed E-state index contributed by atoms with van der Waals surface area (Å²) in [4.78, 5) is 19.7. The van der Waals surface area contributed by atoms with E-state index in [-0.39, 0.29) is 11.4 Å². The number of aromatic hydroxyl groups is 1. The molecule has 18 heavy (non-hydrogen) atoms. The second kappa shape index (κ2) is 5.01. The molecule has 1 amide bonds. The molecule has 6 heteroatoms. The van der Waals surface area contributed by atoms with Gasteiger partial charge in [0.1, 0.15) is 10.9 Å². The zero-order valence-electron chi connectivity index (χ0n) is 9.51. The average Bonchev–Trinajstić information content (AvgIpc) is 2.33. The van der Waals surface area contributed by atoms with Gasteiger partial charge in [-0.3, -0.25) is 4.79 Å². The van der Waals surface area contributed by atoms with Crippen molar-refractivity contribution in [3.8, 4) is 5.75 Å². The van der Waals surface area contributed by atoms with Crippen LogP contribution in [0.4, 0.5) is 5.69 Å². The first-order chi connectivity index (χ1) is 8.58. The van der Waals surface area contributed by atoms with Crippen LogP contribution in [0.2, 0.25) is 5.15 Å². The van der Waals surface area contributed by atoms with Gasteiger partial charge >= 0.3 is 0 Å². The number of amides is 1. The summed E-state index contributed by atoms with van der Waals surface area (Å²) in [7, 11) is 0. The number of nitrogens with one attached hydrogen (secondary N) is 1. The van der Waals surface area contributed by atoms with Crippen molar-refractivity contribution in [3.05, 3.63) is 47.0 Å². The largest absolute Gasteiger partial charge is 0.505 e. The first kappa shape index (κ1) is 12.3. The molecule has 0 aliphatic carbocycles. The van der Waals surface area contributed by atoms with Crippen molar-refractivity contribution in [2.45, 2.75) is 6.92 Å². The van der Waals surface area contributed by atoms with Crippen LogP contribution in [0.1, 0.15) is 16.2 Å². The van der Waals surface area contributed by atoms with Gasteiger partial charge in [0.2, 0.25) is 0 Å². The van der Waals surface area contributed by atoms with Gasteiger partial charge in [-0.1, -0.05) is 11.6 Å². The summed E-state index contributed by atoms with van der Waals surface area (Å²) >= 11 is 5.72. The Morgan fingerprint density at radius 1 is 1.39 bits per heavy atom. The Bertz CT molecular complexity index is 602. The van der Waals surface area contributed by atoms with E-state index >= 15 is 0 Å². The molecule has 2 aromatic rings. The van der Waals surface area contributed by atoms with E-state index in [1.54, 1.807) is 25.1 Å². The molecule has 0 bridgehead atoms. The third kappa shape index (κ3) is 2.57. The maximum atomic E-state index is 11.9. The molecule has 5 nitrogen and oxygen atoms in total. The lowest BCUT2D eigenvalue weighted by Crippen LogP contribution is -2.14. The number of anilines is 1.